The van der Waals surface area contributed by atoms with Crippen molar-refractivity contribution in [2.75, 3.05) is 6.61 Å². The van der Waals surface area contributed by atoms with Crippen LogP contribution in [0.4, 0.5) is 0 Å². The van der Waals surface area contributed by atoms with Crippen molar-refractivity contribution in [3.8, 4) is 5.75 Å². The van der Waals surface area contributed by atoms with Crippen molar-refractivity contribution in [2.45, 2.75) is 32.7 Å². The van der Waals surface area contributed by atoms with Crippen molar-refractivity contribution < 1.29 is 9.53 Å². The van der Waals surface area contributed by atoms with Gasteiger partial charge in [0.2, 0.25) is 5.91 Å². The standard InChI is InChI=1S/C19H23NO2/c1-3-16-9-11-17(12-10-16)15(2)20-19(21)13-14-22-18-7-5-4-6-8-18/h4-12,15H,3,13-14H2,1-2H3,(H,20,21). The maximum absolute atomic E-state index is 11.9. The van der Waals surface area contributed by atoms with E-state index in [9.17, 15) is 4.79 Å². The van der Waals surface area contributed by atoms with Gasteiger partial charge in [0.15, 0.2) is 0 Å². The smallest absolute Gasteiger partial charge is 0.223 e. The molecule has 116 valence electrons. The van der Waals surface area contributed by atoms with Gasteiger partial charge in [-0.2, -0.15) is 0 Å². The zero-order chi connectivity index (χ0) is 15.8. The van der Waals surface area contributed by atoms with Crippen LogP contribution in [0.3, 0.4) is 0 Å². The van der Waals surface area contributed by atoms with E-state index in [0.717, 1.165) is 17.7 Å². The molecule has 1 atom stereocenters. The lowest BCUT2D eigenvalue weighted by atomic mass is 10.0. The van der Waals surface area contributed by atoms with E-state index >= 15 is 0 Å². The highest BCUT2D eigenvalue weighted by Crippen LogP contribution is 2.14. The largest absolute Gasteiger partial charge is 0.493 e. The summed E-state index contributed by atoms with van der Waals surface area (Å²) in [6.07, 6.45) is 1.38. The first-order valence-corrected chi connectivity index (χ1v) is 7.75. The van der Waals surface area contributed by atoms with Gasteiger partial charge in [-0.1, -0.05) is 49.4 Å². The topological polar surface area (TPSA) is 38.3 Å². The molecule has 0 aliphatic carbocycles. The fourth-order valence-electron chi connectivity index (χ4n) is 2.22. The van der Waals surface area contributed by atoms with E-state index in [1.54, 1.807) is 0 Å². The number of benzene rings is 2. The van der Waals surface area contributed by atoms with Gasteiger partial charge in [0, 0.05) is 0 Å². The molecule has 2 aromatic carbocycles. The summed E-state index contributed by atoms with van der Waals surface area (Å²) in [5.74, 6) is 0.793. The molecule has 1 amide bonds. The molecule has 0 spiro atoms. The van der Waals surface area contributed by atoms with Crippen molar-refractivity contribution in [1.29, 1.82) is 0 Å². The Morgan fingerprint density at radius 1 is 1.09 bits per heavy atom. The van der Waals surface area contributed by atoms with E-state index in [1.807, 2.05) is 37.3 Å². The van der Waals surface area contributed by atoms with Crippen LogP contribution in [0, 0.1) is 0 Å². The maximum Gasteiger partial charge on any atom is 0.223 e. The molecular formula is C19H23NO2. The Bertz CT molecular complexity index is 578. The molecule has 22 heavy (non-hydrogen) atoms. The molecule has 0 aliphatic rings. The van der Waals surface area contributed by atoms with Gasteiger partial charge in [-0.05, 0) is 36.6 Å². The molecule has 0 radical (unpaired) electrons. The van der Waals surface area contributed by atoms with E-state index in [4.69, 9.17) is 4.74 Å². The summed E-state index contributed by atoms with van der Waals surface area (Å²) in [5, 5.41) is 3.00. The number of rotatable bonds is 7. The molecule has 1 unspecified atom stereocenters. The number of hydrogen-bond acceptors (Lipinski definition) is 2. The third-order valence-corrected chi connectivity index (χ3v) is 3.61. The van der Waals surface area contributed by atoms with Crippen molar-refractivity contribution >= 4 is 5.91 Å². The van der Waals surface area contributed by atoms with E-state index in [0.29, 0.717) is 13.0 Å². The Kier molecular flexibility index (Phi) is 6.01. The third-order valence-electron chi connectivity index (χ3n) is 3.61. The van der Waals surface area contributed by atoms with Gasteiger partial charge in [0.05, 0.1) is 19.1 Å². The van der Waals surface area contributed by atoms with Crippen LogP contribution in [-0.2, 0) is 11.2 Å². The minimum atomic E-state index is 0.00278. The van der Waals surface area contributed by atoms with Crippen molar-refractivity contribution in [2.24, 2.45) is 0 Å². The molecule has 2 aromatic rings. The molecule has 0 bridgehead atoms. The van der Waals surface area contributed by atoms with E-state index in [1.165, 1.54) is 5.56 Å². The van der Waals surface area contributed by atoms with Gasteiger partial charge in [-0.3, -0.25) is 4.79 Å². The van der Waals surface area contributed by atoms with Gasteiger partial charge in [0.25, 0.3) is 0 Å². The molecule has 3 nitrogen and oxygen atoms in total. The summed E-state index contributed by atoms with van der Waals surface area (Å²) in [4.78, 5) is 11.9. The van der Waals surface area contributed by atoms with Crippen LogP contribution in [0.1, 0.15) is 37.4 Å². The molecule has 0 heterocycles. The molecular weight excluding hydrogens is 274 g/mol. The quantitative estimate of drug-likeness (QED) is 0.842. The van der Waals surface area contributed by atoms with E-state index < -0.39 is 0 Å². The lowest BCUT2D eigenvalue weighted by Gasteiger charge is -2.15. The van der Waals surface area contributed by atoms with Crippen molar-refractivity contribution in [3.63, 3.8) is 0 Å². The highest BCUT2D eigenvalue weighted by molar-refractivity contribution is 5.76. The monoisotopic (exact) mass is 297 g/mol. The summed E-state index contributed by atoms with van der Waals surface area (Å²) in [5.41, 5.74) is 2.42. The summed E-state index contributed by atoms with van der Waals surface area (Å²) in [6, 6.07) is 17.9. The predicted octanol–water partition coefficient (Wildman–Crippen LogP) is 3.90. The summed E-state index contributed by atoms with van der Waals surface area (Å²) in [7, 11) is 0. The number of amides is 1. The van der Waals surface area contributed by atoms with E-state index in [2.05, 4.69) is 36.5 Å². The zero-order valence-electron chi connectivity index (χ0n) is 13.2. The first-order chi connectivity index (χ1) is 10.7. The Labute approximate surface area is 132 Å². The second-order valence-corrected chi connectivity index (χ2v) is 5.30. The van der Waals surface area contributed by atoms with Crippen molar-refractivity contribution in [1.82, 2.24) is 5.32 Å². The van der Waals surface area contributed by atoms with Gasteiger partial charge < -0.3 is 10.1 Å². The number of para-hydroxylation sites is 1. The normalized spacial score (nSPS) is 11.7. The number of nitrogens with one attached hydrogen (secondary N) is 1. The van der Waals surface area contributed by atoms with Crippen LogP contribution in [-0.4, -0.2) is 12.5 Å². The highest BCUT2D eigenvalue weighted by atomic mass is 16.5. The molecule has 1 N–H and O–H groups in total. The lowest BCUT2D eigenvalue weighted by molar-refractivity contribution is -0.122. The van der Waals surface area contributed by atoms with Gasteiger partial charge >= 0.3 is 0 Å². The second-order valence-electron chi connectivity index (χ2n) is 5.30. The number of ether oxygens (including phenoxy) is 1. The Hall–Kier alpha value is -2.29. The SMILES string of the molecule is CCc1ccc(C(C)NC(=O)CCOc2ccccc2)cc1. The first kappa shape index (κ1) is 16.1. The van der Waals surface area contributed by atoms with E-state index in [-0.39, 0.29) is 11.9 Å². The number of hydrogen-bond donors (Lipinski definition) is 1. The average molecular weight is 297 g/mol. The fraction of sp³-hybridized carbons (Fsp3) is 0.316. The Morgan fingerprint density at radius 2 is 1.77 bits per heavy atom. The summed E-state index contributed by atoms with van der Waals surface area (Å²) in [6.45, 7) is 4.52. The lowest BCUT2D eigenvalue weighted by Crippen LogP contribution is -2.27. The maximum atomic E-state index is 11.9. The molecule has 3 heteroatoms. The predicted molar refractivity (Wildman–Crippen MR) is 88.9 cm³/mol. The van der Waals surface area contributed by atoms with Gasteiger partial charge in [-0.15, -0.1) is 0 Å². The van der Waals surface area contributed by atoms with Crippen LogP contribution in [0.15, 0.2) is 54.6 Å². The van der Waals surface area contributed by atoms with Crippen LogP contribution >= 0.6 is 0 Å². The first-order valence-electron chi connectivity index (χ1n) is 7.75. The summed E-state index contributed by atoms with van der Waals surface area (Å²) >= 11 is 0. The van der Waals surface area contributed by atoms with Crippen LogP contribution < -0.4 is 10.1 Å². The van der Waals surface area contributed by atoms with Crippen molar-refractivity contribution in [3.05, 3.63) is 65.7 Å². The van der Waals surface area contributed by atoms with Crippen LogP contribution in [0.5, 0.6) is 5.75 Å². The molecule has 0 saturated carbocycles. The van der Waals surface area contributed by atoms with Crippen LogP contribution in [0.25, 0.3) is 0 Å². The molecule has 2 rings (SSSR count). The van der Waals surface area contributed by atoms with Gasteiger partial charge in [0.1, 0.15) is 5.75 Å². The number of carbonyl (C=O) groups is 1. The molecule has 0 fully saturated rings. The Morgan fingerprint density at radius 3 is 2.41 bits per heavy atom. The second kappa shape index (κ2) is 8.23. The molecule has 0 saturated heterocycles. The third kappa shape index (κ3) is 4.92. The Balaban J connectivity index is 1.76. The van der Waals surface area contributed by atoms with Crippen LogP contribution in [0.2, 0.25) is 0 Å². The molecule has 0 aromatic heterocycles. The zero-order valence-corrected chi connectivity index (χ0v) is 13.2. The highest BCUT2D eigenvalue weighted by Gasteiger charge is 2.09. The average Bonchev–Trinajstić information content (AvgIpc) is 2.56. The minimum absolute atomic E-state index is 0.00278. The number of carbonyl (C=O) groups excluding carboxylic acids is 1. The number of aryl methyl sites for hydroxylation is 1. The fourth-order valence-corrected chi connectivity index (χ4v) is 2.22. The van der Waals surface area contributed by atoms with Gasteiger partial charge in [-0.25, -0.2) is 0 Å². The molecule has 0 aliphatic heterocycles. The summed E-state index contributed by atoms with van der Waals surface area (Å²) < 4.78 is 5.53. The minimum Gasteiger partial charge on any atom is -0.493 e.